The first-order chi connectivity index (χ1) is 7.65. The van der Waals surface area contributed by atoms with E-state index in [-0.39, 0.29) is 11.4 Å². The molecule has 0 saturated heterocycles. The maximum Gasteiger partial charge on any atom is 0.252 e. The van der Waals surface area contributed by atoms with Crippen molar-refractivity contribution in [3.63, 3.8) is 0 Å². The largest absolute Gasteiger partial charge is 0.346 e. The summed E-state index contributed by atoms with van der Waals surface area (Å²) in [5.74, 6) is 0.0699. The van der Waals surface area contributed by atoms with Crippen molar-refractivity contribution in [2.45, 2.75) is 31.2 Å². The predicted molar refractivity (Wildman–Crippen MR) is 79.5 cm³/mol. The highest BCUT2D eigenvalue weighted by Gasteiger charge is 2.34. The molecule has 1 aliphatic rings. The van der Waals surface area contributed by atoms with Crippen molar-refractivity contribution in [2.75, 3.05) is 5.33 Å². The number of hydrogen-bond acceptors (Lipinski definition) is 2. The summed E-state index contributed by atoms with van der Waals surface area (Å²) >= 11 is 7.38. The first-order valence-electron chi connectivity index (χ1n) is 5.28. The number of rotatable bonds is 3. The molecule has 0 spiro atoms. The van der Waals surface area contributed by atoms with E-state index in [0.717, 1.165) is 26.6 Å². The number of amides is 1. The molecule has 1 fully saturated rings. The van der Waals surface area contributed by atoms with E-state index in [1.807, 2.05) is 11.4 Å². The van der Waals surface area contributed by atoms with Crippen LogP contribution in [0.3, 0.4) is 0 Å². The Morgan fingerprint density at radius 1 is 1.56 bits per heavy atom. The first kappa shape index (κ1) is 12.8. The third-order valence-electron chi connectivity index (χ3n) is 3.02. The minimum absolute atomic E-state index is 0.00947. The van der Waals surface area contributed by atoms with Crippen molar-refractivity contribution in [1.82, 2.24) is 5.32 Å². The zero-order valence-electron chi connectivity index (χ0n) is 8.76. The molecule has 88 valence electrons. The molecule has 1 N–H and O–H groups in total. The minimum atomic E-state index is -0.00947. The van der Waals surface area contributed by atoms with E-state index in [9.17, 15) is 4.79 Å². The molecule has 2 rings (SSSR count). The van der Waals surface area contributed by atoms with Gasteiger partial charge in [-0.3, -0.25) is 4.79 Å². The van der Waals surface area contributed by atoms with Crippen molar-refractivity contribution in [3.8, 4) is 0 Å². The lowest BCUT2D eigenvalue weighted by Crippen LogP contribution is -2.47. The topological polar surface area (TPSA) is 29.1 Å². The van der Waals surface area contributed by atoms with Gasteiger partial charge in [-0.25, -0.2) is 0 Å². The predicted octanol–water partition coefficient (Wildman–Crippen LogP) is 3.79. The van der Waals surface area contributed by atoms with Crippen molar-refractivity contribution in [2.24, 2.45) is 0 Å². The molecule has 1 saturated carbocycles. The maximum atomic E-state index is 12.0. The Hall–Kier alpha value is 0.380. The Kier molecular flexibility index (Phi) is 4.29. The van der Waals surface area contributed by atoms with Crippen LogP contribution in [-0.4, -0.2) is 16.8 Å². The fraction of sp³-hybridized carbons (Fsp3) is 0.545. The van der Waals surface area contributed by atoms with Crippen LogP contribution >= 0.6 is 49.9 Å². The van der Waals surface area contributed by atoms with Crippen LogP contribution in [0.4, 0.5) is 0 Å². The lowest BCUT2D eigenvalue weighted by molar-refractivity contribution is 0.0911. The van der Waals surface area contributed by atoms with Gasteiger partial charge in [-0.05, 0) is 41.5 Å². The molecule has 0 radical (unpaired) electrons. The minimum Gasteiger partial charge on any atom is -0.346 e. The van der Waals surface area contributed by atoms with Crippen LogP contribution in [0.5, 0.6) is 0 Å². The average molecular weight is 414 g/mol. The zero-order valence-corrected chi connectivity index (χ0v) is 13.3. The fourth-order valence-corrected chi connectivity index (χ4v) is 4.11. The van der Waals surface area contributed by atoms with Gasteiger partial charge >= 0.3 is 0 Å². The summed E-state index contributed by atoms with van der Waals surface area (Å²) in [7, 11) is 0. The third-order valence-corrected chi connectivity index (χ3v) is 5.89. The third kappa shape index (κ3) is 2.79. The summed E-state index contributed by atoms with van der Waals surface area (Å²) in [5, 5.41) is 5.97. The van der Waals surface area contributed by atoms with E-state index in [4.69, 9.17) is 0 Å². The number of carbonyl (C=O) groups excluding carboxylic acids is 1. The van der Waals surface area contributed by atoms with E-state index >= 15 is 0 Å². The molecule has 1 amide bonds. The smallest absolute Gasteiger partial charge is 0.252 e. The molecule has 1 aliphatic carbocycles. The van der Waals surface area contributed by atoms with E-state index in [1.165, 1.54) is 12.8 Å². The zero-order chi connectivity index (χ0) is 11.6. The van der Waals surface area contributed by atoms with Crippen molar-refractivity contribution in [3.05, 3.63) is 19.9 Å². The Morgan fingerprint density at radius 3 is 2.75 bits per heavy atom. The first-order valence-corrected chi connectivity index (χ1v) is 8.36. The summed E-state index contributed by atoms with van der Waals surface area (Å²) in [4.78, 5) is 12.0. The van der Waals surface area contributed by atoms with Crippen molar-refractivity contribution in [1.29, 1.82) is 0 Å². The van der Waals surface area contributed by atoms with Crippen LogP contribution in [0.2, 0.25) is 0 Å². The fourth-order valence-electron chi connectivity index (χ4n) is 2.09. The Balaban J connectivity index is 2.06. The Morgan fingerprint density at radius 2 is 2.25 bits per heavy atom. The summed E-state index contributed by atoms with van der Waals surface area (Å²) in [6.45, 7) is 0. The lowest BCUT2D eigenvalue weighted by atomic mass is 10.0. The highest BCUT2D eigenvalue weighted by Crippen LogP contribution is 2.31. The number of halogens is 2. The lowest BCUT2D eigenvalue weighted by Gasteiger charge is -2.27. The molecule has 0 unspecified atom stereocenters. The molecule has 2 nitrogen and oxygen atoms in total. The second-order valence-electron chi connectivity index (χ2n) is 4.21. The van der Waals surface area contributed by atoms with Gasteiger partial charge in [-0.1, -0.05) is 28.8 Å². The van der Waals surface area contributed by atoms with Gasteiger partial charge in [0.15, 0.2) is 0 Å². The van der Waals surface area contributed by atoms with Crippen LogP contribution in [0.25, 0.3) is 0 Å². The van der Waals surface area contributed by atoms with E-state index in [2.05, 4.69) is 43.8 Å². The van der Waals surface area contributed by atoms with Gasteiger partial charge in [0.05, 0.1) is 14.0 Å². The standard InChI is InChI=1S/C11H13BrINOS/c12-7-11(3-1-2-4-11)14-10(15)8-5-9(13)16-6-8/h5-6H,1-4,7H2,(H,14,15). The monoisotopic (exact) mass is 413 g/mol. The molecule has 1 aromatic rings. The molecule has 1 aromatic heterocycles. The summed E-state index contributed by atoms with van der Waals surface area (Å²) in [6, 6.07) is 1.94. The Bertz CT molecular complexity index is 387. The summed E-state index contributed by atoms with van der Waals surface area (Å²) in [6.07, 6.45) is 4.61. The number of hydrogen-bond donors (Lipinski definition) is 1. The molecule has 0 aliphatic heterocycles. The molecule has 16 heavy (non-hydrogen) atoms. The van der Waals surface area contributed by atoms with Gasteiger partial charge in [0, 0.05) is 10.7 Å². The van der Waals surface area contributed by atoms with E-state index < -0.39 is 0 Å². The number of thiophene rings is 1. The second kappa shape index (κ2) is 5.35. The van der Waals surface area contributed by atoms with Gasteiger partial charge in [-0.2, -0.15) is 0 Å². The number of carbonyl (C=O) groups is 1. The van der Waals surface area contributed by atoms with Crippen molar-refractivity contribution < 1.29 is 4.79 Å². The molecular formula is C11H13BrINOS. The van der Waals surface area contributed by atoms with Gasteiger partial charge in [0.2, 0.25) is 0 Å². The molecule has 1 heterocycles. The SMILES string of the molecule is O=C(NC1(CBr)CCCC1)c1csc(I)c1. The number of alkyl halides is 1. The second-order valence-corrected chi connectivity index (χ2v) is 7.58. The van der Waals surface area contributed by atoms with Crippen LogP contribution in [0.1, 0.15) is 36.0 Å². The van der Waals surface area contributed by atoms with Gasteiger partial charge in [0.1, 0.15) is 0 Å². The van der Waals surface area contributed by atoms with Crippen LogP contribution in [0, 0.1) is 2.88 Å². The maximum absolute atomic E-state index is 12.0. The number of nitrogens with one attached hydrogen (secondary N) is 1. The highest BCUT2D eigenvalue weighted by atomic mass is 127. The van der Waals surface area contributed by atoms with Crippen molar-refractivity contribution >= 4 is 55.8 Å². The van der Waals surface area contributed by atoms with E-state index in [0.29, 0.717) is 0 Å². The van der Waals surface area contributed by atoms with Gasteiger partial charge < -0.3 is 5.32 Å². The van der Waals surface area contributed by atoms with E-state index in [1.54, 1.807) is 11.3 Å². The van der Waals surface area contributed by atoms with Gasteiger partial charge in [0.25, 0.3) is 5.91 Å². The summed E-state index contributed by atoms with van der Waals surface area (Å²) in [5.41, 5.74) is 0.784. The van der Waals surface area contributed by atoms with Crippen LogP contribution in [0.15, 0.2) is 11.4 Å². The van der Waals surface area contributed by atoms with Gasteiger partial charge in [-0.15, -0.1) is 11.3 Å². The molecular weight excluding hydrogens is 401 g/mol. The quantitative estimate of drug-likeness (QED) is 0.592. The van der Waals surface area contributed by atoms with Crippen LogP contribution < -0.4 is 5.32 Å². The molecule has 0 bridgehead atoms. The van der Waals surface area contributed by atoms with Crippen LogP contribution in [-0.2, 0) is 0 Å². The molecule has 0 atom stereocenters. The molecule has 0 aromatic carbocycles. The Labute approximate surface area is 121 Å². The average Bonchev–Trinajstić information content (AvgIpc) is 2.88. The normalized spacial score (nSPS) is 18.6. The molecule has 5 heteroatoms. The highest BCUT2D eigenvalue weighted by molar-refractivity contribution is 14.1. The summed E-state index contributed by atoms with van der Waals surface area (Å²) < 4.78 is 1.15.